The molecule has 2 aromatic rings. The van der Waals surface area contributed by atoms with Gasteiger partial charge in [-0.25, -0.2) is 0 Å². The van der Waals surface area contributed by atoms with Crippen LogP contribution in [0.5, 0.6) is 0 Å². The van der Waals surface area contributed by atoms with Crippen LogP contribution in [0, 0.1) is 10.1 Å². The predicted molar refractivity (Wildman–Crippen MR) is 86.8 cm³/mol. The van der Waals surface area contributed by atoms with Gasteiger partial charge in [-0.3, -0.25) is 15.0 Å². The van der Waals surface area contributed by atoms with Crippen molar-refractivity contribution in [1.82, 2.24) is 4.90 Å². The Morgan fingerprint density at radius 3 is 2.52 bits per heavy atom. The number of nitrogens with two attached hydrogens (primary N) is 1. The summed E-state index contributed by atoms with van der Waals surface area (Å²) >= 11 is 3.51. The van der Waals surface area contributed by atoms with Gasteiger partial charge in [0.25, 0.3) is 5.69 Å². The standard InChI is InChI=1S/C15H16BrN3O2/c1-18(9-11-4-2-3-5-14(11)16)10-12-8-13(19(20)21)6-7-15(12)17/h2-8H,9-10,17H2,1H3. The lowest BCUT2D eigenvalue weighted by Gasteiger charge is -2.18. The number of halogens is 1. The maximum absolute atomic E-state index is 10.8. The second kappa shape index (κ2) is 6.69. The number of nitrogen functional groups attached to an aromatic ring is 1. The van der Waals surface area contributed by atoms with Crippen LogP contribution in [0.15, 0.2) is 46.9 Å². The fourth-order valence-corrected chi connectivity index (χ4v) is 2.52. The van der Waals surface area contributed by atoms with Crippen molar-refractivity contribution < 1.29 is 4.92 Å². The third-order valence-corrected chi connectivity index (χ3v) is 3.95. The SMILES string of the molecule is CN(Cc1cc([N+](=O)[O-])ccc1N)Cc1ccccc1Br. The number of anilines is 1. The maximum Gasteiger partial charge on any atom is 0.269 e. The molecule has 2 aromatic carbocycles. The first kappa shape index (κ1) is 15.5. The lowest BCUT2D eigenvalue weighted by molar-refractivity contribution is -0.384. The molecule has 0 spiro atoms. The van der Waals surface area contributed by atoms with E-state index in [2.05, 4.69) is 20.8 Å². The molecule has 2 rings (SSSR count). The van der Waals surface area contributed by atoms with Gasteiger partial charge in [-0.15, -0.1) is 0 Å². The topological polar surface area (TPSA) is 72.4 Å². The third-order valence-electron chi connectivity index (χ3n) is 3.18. The van der Waals surface area contributed by atoms with E-state index in [1.807, 2.05) is 31.3 Å². The van der Waals surface area contributed by atoms with Gasteiger partial charge in [-0.1, -0.05) is 34.1 Å². The normalized spacial score (nSPS) is 10.8. The molecule has 0 fully saturated rings. The largest absolute Gasteiger partial charge is 0.398 e. The molecular weight excluding hydrogens is 334 g/mol. The van der Waals surface area contributed by atoms with Crippen molar-refractivity contribution in [3.63, 3.8) is 0 Å². The van der Waals surface area contributed by atoms with Gasteiger partial charge in [0.15, 0.2) is 0 Å². The van der Waals surface area contributed by atoms with Crippen molar-refractivity contribution in [2.45, 2.75) is 13.1 Å². The highest BCUT2D eigenvalue weighted by molar-refractivity contribution is 9.10. The van der Waals surface area contributed by atoms with Crippen LogP contribution < -0.4 is 5.73 Å². The van der Waals surface area contributed by atoms with Crippen molar-refractivity contribution in [3.8, 4) is 0 Å². The van der Waals surface area contributed by atoms with E-state index in [0.29, 0.717) is 12.2 Å². The summed E-state index contributed by atoms with van der Waals surface area (Å²) in [4.78, 5) is 12.5. The van der Waals surface area contributed by atoms with E-state index in [9.17, 15) is 10.1 Å². The van der Waals surface area contributed by atoms with Gasteiger partial charge in [0.1, 0.15) is 0 Å². The van der Waals surface area contributed by atoms with Crippen LogP contribution in [0.25, 0.3) is 0 Å². The number of nitro benzene ring substituents is 1. The van der Waals surface area contributed by atoms with E-state index in [1.54, 1.807) is 6.07 Å². The summed E-state index contributed by atoms with van der Waals surface area (Å²) in [6.45, 7) is 1.28. The van der Waals surface area contributed by atoms with E-state index in [4.69, 9.17) is 5.73 Å². The van der Waals surface area contributed by atoms with Gasteiger partial charge in [0.2, 0.25) is 0 Å². The number of nitrogens with zero attached hydrogens (tertiary/aromatic N) is 2. The number of benzene rings is 2. The third kappa shape index (κ3) is 4.03. The zero-order valence-corrected chi connectivity index (χ0v) is 13.2. The molecule has 0 saturated heterocycles. The molecule has 0 aromatic heterocycles. The van der Waals surface area contributed by atoms with E-state index < -0.39 is 4.92 Å². The number of non-ortho nitro benzene ring substituents is 1. The van der Waals surface area contributed by atoms with Crippen molar-refractivity contribution in [1.29, 1.82) is 0 Å². The highest BCUT2D eigenvalue weighted by atomic mass is 79.9. The molecular formula is C15H16BrN3O2. The average molecular weight is 350 g/mol. The average Bonchev–Trinajstić information content (AvgIpc) is 2.43. The van der Waals surface area contributed by atoms with Crippen LogP contribution >= 0.6 is 15.9 Å². The van der Waals surface area contributed by atoms with Crippen molar-refractivity contribution >= 4 is 27.3 Å². The van der Waals surface area contributed by atoms with Crippen LogP contribution in [-0.2, 0) is 13.1 Å². The molecule has 5 nitrogen and oxygen atoms in total. The molecule has 0 aliphatic carbocycles. The second-order valence-electron chi connectivity index (χ2n) is 4.90. The summed E-state index contributed by atoms with van der Waals surface area (Å²) in [6, 6.07) is 12.5. The predicted octanol–water partition coefficient (Wildman–Crippen LogP) is 3.57. The number of hydrogen-bond acceptors (Lipinski definition) is 4. The first-order valence-corrected chi connectivity index (χ1v) is 7.21. The van der Waals surface area contributed by atoms with Gasteiger partial charge >= 0.3 is 0 Å². The molecule has 0 radical (unpaired) electrons. The van der Waals surface area contributed by atoms with Gasteiger partial charge in [-0.2, -0.15) is 0 Å². The van der Waals surface area contributed by atoms with Crippen LogP contribution in [0.3, 0.4) is 0 Å². The summed E-state index contributed by atoms with van der Waals surface area (Å²) in [7, 11) is 1.96. The molecule has 0 atom stereocenters. The molecule has 0 amide bonds. The van der Waals surface area contributed by atoms with E-state index in [-0.39, 0.29) is 5.69 Å². The monoisotopic (exact) mass is 349 g/mol. The molecule has 0 unspecified atom stereocenters. The highest BCUT2D eigenvalue weighted by Crippen LogP contribution is 2.22. The molecule has 0 saturated carbocycles. The van der Waals surface area contributed by atoms with Gasteiger partial charge < -0.3 is 5.73 Å². The fourth-order valence-electron chi connectivity index (χ4n) is 2.11. The Balaban J connectivity index is 2.12. The van der Waals surface area contributed by atoms with Gasteiger partial charge in [-0.05, 0) is 30.3 Å². The van der Waals surface area contributed by atoms with Crippen LogP contribution in [0.1, 0.15) is 11.1 Å². The van der Waals surface area contributed by atoms with Crippen LogP contribution in [0.2, 0.25) is 0 Å². The minimum Gasteiger partial charge on any atom is -0.398 e. The molecule has 6 heteroatoms. The molecule has 110 valence electrons. The number of nitro groups is 1. The lowest BCUT2D eigenvalue weighted by atomic mass is 10.1. The molecule has 0 heterocycles. The summed E-state index contributed by atoms with van der Waals surface area (Å²) < 4.78 is 1.05. The summed E-state index contributed by atoms with van der Waals surface area (Å²) in [5.74, 6) is 0. The summed E-state index contributed by atoms with van der Waals surface area (Å²) in [5, 5.41) is 10.8. The first-order chi connectivity index (χ1) is 9.97. The zero-order chi connectivity index (χ0) is 15.4. The van der Waals surface area contributed by atoms with Gasteiger partial charge in [0.05, 0.1) is 4.92 Å². The Bertz CT molecular complexity index is 661. The Labute approximate surface area is 131 Å². The molecule has 0 bridgehead atoms. The van der Waals surface area contributed by atoms with Gasteiger partial charge in [0, 0.05) is 35.4 Å². The second-order valence-corrected chi connectivity index (χ2v) is 5.76. The van der Waals surface area contributed by atoms with Crippen LogP contribution in [0.4, 0.5) is 11.4 Å². The highest BCUT2D eigenvalue weighted by Gasteiger charge is 2.11. The Hall–Kier alpha value is -1.92. The quantitative estimate of drug-likeness (QED) is 0.508. The maximum atomic E-state index is 10.8. The first-order valence-electron chi connectivity index (χ1n) is 6.42. The van der Waals surface area contributed by atoms with E-state index in [1.165, 1.54) is 12.1 Å². The summed E-state index contributed by atoms with van der Waals surface area (Å²) in [6.07, 6.45) is 0. The lowest BCUT2D eigenvalue weighted by Crippen LogP contribution is -2.18. The number of hydrogen-bond donors (Lipinski definition) is 1. The molecule has 21 heavy (non-hydrogen) atoms. The summed E-state index contributed by atoms with van der Waals surface area (Å²) in [5.41, 5.74) is 8.45. The van der Waals surface area contributed by atoms with Crippen molar-refractivity contribution in [3.05, 3.63) is 68.2 Å². The Morgan fingerprint density at radius 2 is 1.86 bits per heavy atom. The number of rotatable bonds is 5. The smallest absolute Gasteiger partial charge is 0.269 e. The molecule has 2 N–H and O–H groups in total. The van der Waals surface area contributed by atoms with Crippen molar-refractivity contribution in [2.24, 2.45) is 0 Å². The Morgan fingerprint density at radius 1 is 1.19 bits per heavy atom. The molecule has 0 aliphatic heterocycles. The van der Waals surface area contributed by atoms with E-state index >= 15 is 0 Å². The Kier molecular flexibility index (Phi) is 4.93. The zero-order valence-electron chi connectivity index (χ0n) is 11.6. The minimum absolute atomic E-state index is 0.0634. The van der Waals surface area contributed by atoms with E-state index in [0.717, 1.165) is 22.1 Å². The fraction of sp³-hybridized carbons (Fsp3) is 0.200. The minimum atomic E-state index is -0.406. The molecule has 0 aliphatic rings. The van der Waals surface area contributed by atoms with Crippen molar-refractivity contribution in [2.75, 3.05) is 12.8 Å². The van der Waals surface area contributed by atoms with Crippen LogP contribution in [-0.4, -0.2) is 16.9 Å².